The van der Waals surface area contributed by atoms with Crippen LogP contribution in [-0.2, 0) is 0 Å². The van der Waals surface area contributed by atoms with Crippen LogP contribution in [0.15, 0.2) is 0 Å². The standard InChI is InChI=1S/C10H20N2OS/c1-9(2,3)12-8(13)11-7-6-14-10(7,4)5/h7H,6H2,1-5H3,(H2,11,12,13). The Labute approximate surface area is 90.4 Å². The van der Waals surface area contributed by atoms with Gasteiger partial charge in [0.05, 0.1) is 6.04 Å². The van der Waals surface area contributed by atoms with Gasteiger partial charge in [0.2, 0.25) is 0 Å². The van der Waals surface area contributed by atoms with E-state index in [1.54, 1.807) is 0 Å². The number of nitrogens with one attached hydrogen (secondary N) is 2. The molecule has 2 N–H and O–H groups in total. The molecule has 0 spiro atoms. The van der Waals surface area contributed by atoms with Crippen molar-refractivity contribution >= 4 is 17.8 Å². The SMILES string of the molecule is CC(C)(C)NC(=O)NC1CSC1(C)C. The van der Waals surface area contributed by atoms with Crippen LogP contribution in [0.5, 0.6) is 0 Å². The summed E-state index contributed by atoms with van der Waals surface area (Å²) in [5.74, 6) is 1.02. The van der Waals surface area contributed by atoms with Crippen molar-refractivity contribution in [3.05, 3.63) is 0 Å². The molecule has 3 nitrogen and oxygen atoms in total. The first-order chi connectivity index (χ1) is 6.21. The van der Waals surface area contributed by atoms with Gasteiger partial charge in [0, 0.05) is 16.0 Å². The molecule has 2 amide bonds. The minimum absolute atomic E-state index is 0.0594. The second kappa shape index (κ2) is 3.65. The summed E-state index contributed by atoms with van der Waals surface area (Å²) in [6.07, 6.45) is 0. The van der Waals surface area contributed by atoms with E-state index < -0.39 is 0 Å². The van der Waals surface area contributed by atoms with Gasteiger partial charge in [-0.2, -0.15) is 11.8 Å². The van der Waals surface area contributed by atoms with Gasteiger partial charge in [-0.3, -0.25) is 0 Å². The number of amides is 2. The molecule has 0 aromatic heterocycles. The maximum Gasteiger partial charge on any atom is 0.315 e. The van der Waals surface area contributed by atoms with Crippen LogP contribution in [-0.4, -0.2) is 28.1 Å². The summed E-state index contributed by atoms with van der Waals surface area (Å²) in [6.45, 7) is 10.3. The van der Waals surface area contributed by atoms with Crippen molar-refractivity contribution in [3.8, 4) is 0 Å². The molecular weight excluding hydrogens is 196 g/mol. The third kappa shape index (κ3) is 3.08. The molecule has 1 aliphatic heterocycles. The molecule has 1 heterocycles. The van der Waals surface area contributed by atoms with Crippen LogP contribution in [0.4, 0.5) is 4.79 Å². The van der Waals surface area contributed by atoms with E-state index in [4.69, 9.17) is 0 Å². The maximum absolute atomic E-state index is 11.5. The quantitative estimate of drug-likeness (QED) is 0.703. The summed E-state index contributed by atoms with van der Waals surface area (Å²) in [7, 11) is 0. The van der Waals surface area contributed by atoms with Gasteiger partial charge in [0.15, 0.2) is 0 Å². The van der Waals surface area contributed by atoms with Crippen molar-refractivity contribution < 1.29 is 4.79 Å². The number of hydrogen-bond acceptors (Lipinski definition) is 2. The van der Waals surface area contributed by atoms with Crippen molar-refractivity contribution in [1.82, 2.24) is 10.6 Å². The van der Waals surface area contributed by atoms with E-state index in [2.05, 4.69) is 24.5 Å². The number of urea groups is 1. The minimum Gasteiger partial charge on any atom is -0.334 e. The van der Waals surface area contributed by atoms with E-state index in [9.17, 15) is 4.79 Å². The van der Waals surface area contributed by atoms with E-state index in [1.165, 1.54) is 0 Å². The predicted octanol–water partition coefficient (Wildman–Crippen LogP) is 1.98. The molecule has 1 rings (SSSR count). The van der Waals surface area contributed by atoms with Crippen LogP contribution in [0.1, 0.15) is 34.6 Å². The maximum atomic E-state index is 11.5. The zero-order valence-corrected chi connectivity index (χ0v) is 10.4. The van der Waals surface area contributed by atoms with Crippen molar-refractivity contribution in [3.63, 3.8) is 0 Å². The van der Waals surface area contributed by atoms with Crippen LogP contribution in [0.2, 0.25) is 0 Å². The van der Waals surface area contributed by atoms with E-state index >= 15 is 0 Å². The van der Waals surface area contributed by atoms with Crippen LogP contribution in [0.3, 0.4) is 0 Å². The molecule has 1 unspecified atom stereocenters. The minimum atomic E-state index is -0.162. The van der Waals surface area contributed by atoms with Gasteiger partial charge in [0.1, 0.15) is 0 Å². The van der Waals surface area contributed by atoms with E-state index in [-0.39, 0.29) is 16.3 Å². The topological polar surface area (TPSA) is 41.1 Å². The molecule has 0 radical (unpaired) electrons. The number of thioether (sulfide) groups is 1. The Morgan fingerprint density at radius 2 is 2.00 bits per heavy atom. The molecule has 1 saturated heterocycles. The van der Waals surface area contributed by atoms with E-state index in [0.717, 1.165) is 5.75 Å². The molecule has 0 aliphatic carbocycles. The fourth-order valence-corrected chi connectivity index (χ4v) is 2.39. The lowest BCUT2D eigenvalue weighted by atomic mass is 10.0. The first kappa shape index (κ1) is 11.7. The largest absolute Gasteiger partial charge is 0.334 e. The third-order valence-electron chi connectivity index (χ3n) is 2.26. The second-order valence-electron chi connectivity index (χ2n) is 5.32. The van der Waals surface area contributed by atoms with Gasteiger partial charge in [-0.25, -0.2) is 4.79 Å². The molecular formula is C10H20N2OS. The summed E-state index contributed by atoms with van der Waals surface area (Å²) >= 11 is 1.89. The fourth-order valence-electron chi connectivity index (χ4n) is 1.25. The van der Waals surface area contributed by atoms with Gasteiger partial charge in [-0.1, -0.05) is 0 Å². The summed E-state index contributed by atoms with van der Waals surface area (Å²) in [5, 5.41) is 5.89. The molecule has 0 aromatic rings. The Balaban J connectivity index is 2.35. The van der Waals surface area contributed by atoms with Crippen molar-refractivity contribution in [2.75, 3.05) is 5.75 Å². The zero-order valence-electron chi connectivity index (χ0n) is 9.60. The van der Waals surface area contributed by atoms with E-state index in [1.807, 2.05) is 32.5 Å². The highest BCUT2D eigenvalue weighted by atomic mass is 32.2. The Morgan fingerprint density at radius 3 is 2.29 bits per heavy atom. The van der Waals surface area contributed by atoms with Crippen LogP contribution in [0.25, 0.3) is 0 Å². The lowest BCUT2D eigenvalue weighted by molar-refractivity contribution is 0.226. The lowest BCUT2D eigenvalue weighted by Crippen LogP contribution is -2.60. The van der Waals surface area contributed by atoms with Crippen molar-refractivity contribution in [1.29, 1.82) is 0 Å². The van der Waals surface area contributed by atoms with Gasteiger partial charge in [0.25, 0.3) is 0 Å². The van der Waals surface area contributed by atoms with Gasteiger partial charge in [-0.05, 0) is 34.6 Å². The summed E-state index contributed by atoms with van der Waals surface area (Å²) in [6, 6.07) is 0.241. The molecule has 4 heteroatoms. The molecule has 0 aromatic carbocycles. The summed E-state index contributed by atoms with van der Waals surface area (Å²) in [5.41, 5.74) is -0.162. The highest BCUT2D eigenvalue weighted by molar-refractivity contribution is 8.02. The van der Waals surface area contributed by atoms with Crippen LogP contribution in [0, 0.1) is 0 Å². The Bertz CT molecular complexity index is 233. The molecule has 1 atom stereocenters. The monoisotopic (exact) mass is 216 g/mol. The Morgan fingerprint density at radius 1 is 1.43 bits per heavy atom. The first-order valence-electron chi connectivity index (χ1n) is 4.93. The smallest absolute Gasteiger partial charge is 0.315 e. The molecule has 1 aliphatic rings. The summed E-state index contributed by atoms with van der Waals surface area (Å²) in [4.78, 5) is 11.5. The molecule has 1 fully saturated rings. The van der Waals surface area contributed by atoms with Gasteiger partial charge in [-0.15, -0.1) is 0 Å². The predicted molar refractivity (Wildman–Crippen MR) is 61.7 cm³/mol. The Kier molecular flexibility index (Phi) is 3.04. The average molecular weight is 216 g/mol. The average Bonchev–Trinajstić information content (AvgIpc) is 1.95. The Hall–Kier alpha value is -0.380. The summed E-state index contributed by atoms with van der Waals surface area (Å²) < 4.78 is 0.190. The second-order valence-corrected chi connectivity index (χ2v) is 6.99. The highest BCUT2D eigenvalue weighted by Crippen LogP contribution is 2.39. The first-order valence-corrected chi connectivity index (χ1v) is 5.92. The number of rotatable bonds is 1. The van der Waals surface area contributed by atoms with Crippen LogP contribution >= 0.6 is 11.8 Å². The number of hydrogen-bond donors (Lipinski definition) is 2. The van der Waals surface area contributed by atoms with Crippen molar-refractivity contribution in [2.24, 2.45) is 0 Å². The number of carbonyl (C=O) groups is 1. The normalized spacial score (nSPS) is 25.1. The lowest BCUT2D eigenvalue weighted by Gasteiger charge is -2.44. The van der Waals surface area contributed by atoms with E-state index in [0.29, 0.717) is 6.04 Å². The van der Waals surface area contributed by atoms with Gasteiger partial charge >= 0.3 is 6.03 Å². The highest BCUT2D eigenvalue weighted by Gasteiger charge is 2.40. The number of carbonyl (C=O) groups excluding carboxylic acids is 1. The molecule has 0 saturated carbocycles. The zero-order chi connectivity index (χ0) is 11.0. The molecule has 14 heavy (non-hydrogen) atoms. The van der Waals surface area contributed by atoms with Crippen LogP contribution < -0.4 is 10.6 Å². The third-order valence-corrected chi connectivity index (χ3v) is 3.78. The fraction of sp³-hybridized carbons (Fsp3) is 0.900. The van der Waals surface area contributed by atoms with Crippen molar-refractivity contribution in [2.45, 2.75) is 50.9 Å². The molecule has 0 bridgehead atoms. The molecule has 82 valence electrons. The van der Waals surface area contributed by atoms with Gasteiger partial charge < -0.3 is 10.6 Å².